The number of hydrogen-bond acceptors (Lipinski definition) is 7. The molecule has 1 spiro atoms. The zero-order valence-corrected chi connectivity index (χ0v) is 25.9. The molecule has 0 unspecified atom stereocenters. The van der Waals surface area contributed by atoms with E-state index in [0.717, 1.165) is 0 Å². The molecule has 5 rings (SSSR count). The number of ether oxygens (including phenoxy) is 2. The average Bonchev–Trinajstić information content (AvgIpc) is 3.54. The minimum Gasteiger partial charge on any atom is -0.495 e. The number of benzene rings is 2. The molecule has 0 aliphatic carbocycles. The molecule has 4 atom stereocenters. The van der Waals surface area contributed by atoms with E-state index in [9.17, 15) is 14.4 Å². The molecule has 1 aromatic heterocycles. The molecule has 0 bridgehead atoms. The van der Waals surface area contributed by atoms with Crippen molar-refractivity contribution in [3.63, 3.8) is 0 Å². The van der Waals surface area contributed by atoms with Gasteiger partial charge >= 0.3 is 5.97 Å². The van der Waals surface area contributed by atoms with E-state index < -0.39 is 41.1 Å². The number of halogens is 3. The van der Waals surface area contributed by atoms with Crippen molar-refractivity contribution < 1.29 is 28.2 Å². The summed E-state index contributed by atoms with van der Waals surface area (Å²) in [4.78, 5) is 41.0. The summed E-state index contributed by atoms with van der Waals surface area (Å²) in [7, 11) is 2.67. The van der Waals surface area contributed by atoms with Gasteiger partial charge in [-0.2, -0.15) is 0 Å². The second-order valence-electron chi connectivity index (χ2n) is 11.6. The van der Waals surface area contributed by atoms with Crippen LogP contribution in [0.25, 0.3) is 0 Å². The predicted octanol–water partition coefficient (Wildman–Crippen LogP) is 6.38. The Hall–Kier alpha value is -3.18. The fourth-order valence-corrected chi connectivity index (χ4v) is 7.75. The number of hydrogen-bond donors (Lipinski definition) is 3. The molecule has 1 saturated heterocycles. The van der Waals surface area contributed by atoms with Crippen LogP contribution in [0.3, 0.4) is 0 Å². The molecule has 2 aliphatic heterocycles. The lowest BCUT2D eigenvalue weighted by Gasteiger charge is -2.37. The molecule has 42 heavy (non-hydrogen) atoms. The van der Waals surface area contributed by atoms with E-state index in [2.05, 4.69) is 16.0 Å². The Labute approximate surface area is 256 Å². The van der Waals surface area contributed by atoms with E-state index in [-0.39, 0.29) is 38.9 Å². The molecular weight excluding hydrogens is 604 g/mol. The van der Waals surface area contributed by atoms with Crippen molar-refractivity contribution in [3.8, 4) is 5.75 Å². The predicted molar refractivity (Wildman–Crippen MR) is 162 cm³/mol. The summed E-state index contributed by atoms with van der Waals surface area (Å²) in [5, 5.41) is 9.11. The number of carbonyl (C=O) groups excluding carboxylic acids is 3. The molecule has 8 nitrogen and oxygen atoms in total. The molecular formula is C30H30Cl2FN3O5S. The summed E-state index contributed by atoms with van der Waals surface area (Å²) in [5.74, 6) is -2.92. The van der Waals surface area contributed by atoms with Crippen LogP contribution < -0.4 is 20.7 Å². The van der Waals surface area contributed by atoms with Crippen LogP contribution >= 0.6 is 34.5 Å². The van der Waals surface area contributed by atoms with Gasteiger partial charge in [0, 0.05) is 16.8 Å². The Morgan fingerprint density at radius 2 is 1.88 bits per heavy atom. The second kappa shape index (κ2) is 11.1. The highest BCUT2D eigenvalue weighted by Crippen LogP contribution is 2.59. The van der Waals surface area contributed by atoms with Gasteiger partial charge < -0.3 is 25.4 Å². The number of amides is 2. The summed E-state index contributed by atoms with van der Waals surface area (Å²) < 4.78 is 26.6. The minimum atomic E-state index is -1.37. The van der Waals surface area contributed by atoms with E-state index in [1.165, 1.54) is 49.8 Å². The Morgan fingerprint density at radius 1 is 1.14 bits per heavy atom. The Morgan fingerprint density at radius 3 is 2.55 bits per heavy atom. The lowest BCUT2D eigenvalue weighted by molar-refractivity contribution is -0.122. The smallest absolute Gasteiger partial charge is 0.337 e. The first-order valence-electron chi connectivity index (χ1n) is 13.2. The highest BCUT2D eigenvalue weighted by molar-refractivity contribution is 7.17. The third-order valence-electron chi connectivity index (χ3n) is 7.75. The zero-order valence-electron chi connectivity index (χ0n) is 23.6. The van der Waals surface area contributed by atoms with Crippen LogP contribution in [0, 0.1) is 11.2 Å². The first kappa shape index (κ1) is 30.3. The van der Waals surface area contributed by atoms with Gasteiger partial charge in [-0.25, -0.2) is 9.18 Å². The molecule has 2 aromatic carbocycles. The standard InChI is InChI=1S/C30H30Cl2FN3O5S/c1-29(2,3)13-20-30(25-18(35-28(30)39)12-21(32)42-25)22(15-7-6-8-16(31)23(15)33)24(36-20)26(37)34-17-10-9-14(27(38)41-5)11-19(17)40-4/h6-12,20,22,24,36H,13H2,1-5H3,(H,34,37)(H,35,39)/t20-,22-,24+,30-/m0/s1. The maximum atomic E-state index is 15.9. The van der Waals surface area contributed by atoms with Crippen LogP contribution in [-0.2, 0) is 19.7 Å². The number of esters is 1. The van der Waals surface area contributed by atoms with Crippen LogP contribution in [0.15, 0.2) is 42.5 Å². The lowest BCUT2D eigenvalue weighted by Crippen LogP contribution is -2.49. The third-order valence-corrected chi connectivity index (χ3v) is 9.46. The molecule has 3 heterocycles. The average molecular weight is 635 g/mol. The quantitative estimate of drug-likeness (QED) is 0.272. The Balaban J connectivity index is 1.67. The van der Waals surface area contributed by atoms with Crippen molar-refractivity contribution in [2.24, 2.45) is 5.41 Å². The monoisotopic (exact) mass is 633 g/mol. The molecule has 0 saturated carbocycles. The molecule has 0 radical (unpaired) electrons. The van der Waals surface area contributed by atoms with Gasteiger partial charge in [-0.15, -0.1) is 11.3 Å². The number of carbonyl (C=O) groups is 3. The van der Waals surface area contributed by atoms with Crippen LogP contribution in [-0.4, -0.2) is 44.1 Å². The Kier molecular flexibility index (Phi) is 8.04. The largest absolute Gasteiger partial charge is 0.495 e. The van der Waals surface area contributed by atoms with Crippen molar-refractivity contribution in [3.05, 3.63) is 73.6 Å². The van der Waals surface area contributed by atoms with E-state index in [0.29, 0.717) is 21.3 Å². The van der Waals surface area contributed by atoms with E-state index in [4.69, 9.17) is 32.7 Å². The van der Waals surface area contributed by atoms with Crippen LogP contribution in [0.4, 0.5) is 15.8 Å². The normalized spacial score (nSPS) is 23.0. The van der Waals surface area contributed by atoms with Gasteiger partial charge in [0.25, 0.3) is 0 Å². The summed E-state index contributed by atoms with van der Waals surface area (Å²) in [6.07, 6.45) is 0.481. The van der Waals surface area contributed by atoms with E-state index in [1.807, 2.05) is 20.8 Å². The number of methoxy groups -OCH3 is 2. The molecule has 2 aliphatic rings. The van der Waals surface area contributed by atoms with E-state index in [1.54, 1.807) is 18.2 Å². The highest BCUT2D eigenvalue weighted by atomic mass is 35.5. The lowest BCUT2D eigenvalue weighted by atomic mass is 9.65. The fraction of sp³-hybridized carbons (Fsp3) is 0.367. The molecule has 222 valence electrons. The number of anilines is 2. The van der Waals surface area contributed by atoms with E-state index >= 15 is 4.39 Å². The van der Waals surface area contributed by atoms with Crippen LogP contribution in [0.5, 0.6) is 5.75 Å². The van der Waals surface area contributed by atoms with Gasteiger partial charge in [0.1, 0.15) is 17.0 Å². The number of fused-ring (bicyclic) bond motifs is 2. The van der Waals surface area contributed by atoms with Gasteiger partial charge in [0.15, 0.2) is 0 Å². The topological polar surface area (TPSA) is 106 Å². The first-order valence-corrected chi connectivity index (χ1v) is 14.8. The number of thiophene rings is 1. The van der Waals surface area contributed by atoms with Gasteiger partial charge in [-0.1, -0.05) is 56.1 Å². The molecule has 3 aromatic rings. The van der Waals surface area contributed by atoms with Gasteiger partial charge in [0.2, 0.25) is 11.8 Å². The maximum absolute atomic E-state index is 15.9. The number of rotatable bonds is 6. The van der Waals surface area contributed by atoms with Crippen LogP contribution in [0.1, 0.15) is 53.9 Å². The molecule has 12 heteroatoms. The maximum Gasteiger partial charge on any atom is 0.337 e. The fourth-order valence-electron chi connectivity index (χ4n) is 6.11. The summed E-state index contributed by atoms with van der Waals surface area (Å²) in [6.45, 7) is 6.11. The van der Waals surface area contributed by atoms with Gasteiger partial charge in [0.05, 0.1) is 46.6 Å². The molecule has 2 amide bonds. The summed E-state index contributed by atoms with van der Waals surface area (Å²) in [6, 6.07) is 9.08. The van der Waals surface area contributed by atoms with Gasteiger partial charge in [-0.05, 0) is 47.7 Å². The molecule has 1 fully saturated rings. The van der Waals surface area contributed by atoms with Crippen molar-refractivity contribution in [1.29, 1.82) is 0 Å². The Bertz CT molecular complexity index is 1590. The second-order valence-corrected chi connectivity index (χ2v) is 13.7. The summed E-state index contributed by atoms with van der Waals surface area (Å²) in [5.41, 5.74) is -0.445. The van der Waals surface area contributed by atoms with Crippen molar-refractivity contribution >= 4 is 63.7 Å². The first-order chi connectivity index (χ1) is 19.8. The number of nitrogens with one attached hydrogen (secondary N) is 3. The van der Waals surface area contributed by atoms with Crippen LogP contribution in [0.2, 0.25) is 9.36 Å². The van der Waals surface area contributed by atoms with Crippen molar-refractivity contribution in [1.82, 2.24) is 5.32 Å². The molecule has 3 N–H and O–H groups in total. The minimum absolute atomic E-state index is 0.121. The van der Waals surface area contributed by atoms with Crippen molar-refractivity contribution in [2.45, 2.75) is 50.6 Å². The zero-order chi connectivity index (χ0) is 30.6. The highest BCUT2D eigenvalue weighted by Gasteiger charge is 2.67. The van der Waals surface area contributed by atoms with Gasteiger partial charge in [-0.3, -0.25) is 9.59 Å². The van der Waals surface area contributed by atoms with Crippen molar-refractivity contribution in [2.75, 3.05) is 24.9 Å². The summed E-state index contributed by atoms with van der Waals surface area (Å²) >= 11 is 13.9. The SMILES string of the molecule is COC(=O)c1ccc(NC(=O)[C@@H]2N[C@@H](CC(C)(C)C)[C@]3(C(=O)Nc4cc(Cl)sc43)[C@H]2c2cccc(Cl)c2F)c(OC)c1. The third kappa shape index (κ3) is 5.04.